The number of nitrogens with one attached hydrogen (secondary N) is 1. The number of rotatable bonds is 2. The van der Waals surface area contributed by atoms with Gasteiger partial charge in [-0.15, -0.1) is 0 Å². The molecule has 0 saturated carbocycles. The number of pyridine rings is 1. The molecule has 0 bridgehead atoms. The third kappa shape index (κ3) is 3.12. The molecule has 0 aliphatic carbocycles. The molecule has 0 radical (unpaired) electrons. The van der Waals surface area contributed by atoms with Crippen molar-refractivity contribution in [2.24, 2.45) is 0 Å². The van der Waals surface area contributed by atoms with Crippen LogP contribution in [0.3, 0.4) is 0 Å². The number of carbonyl (C=O) groups excluding carboxylic acids is 1. The van der Waals surface area contributed by atoms with Crippen molar-refractivity contribution in [3.05, 3.63) is 46.6 Å². The summed E-state index contributed by atoms with van der Waals surface area (Å²) in [6.45, 7) is 0. The van der Waals surface area contributed by atoms with E-state index in [9.17, 15) is 4.79 Å². The van der Waals surface area contributed by atoms with Crippen molar-refractivity contribution in [2.75, 3.05) is 5.32 Å². The van der Waals surface area contributed by atoms with Crippen LogP contribution >= 0.6 is 23.2 Å². The summed E-state index contributed by atoms with van der Waals surface area (Å²) in [6.07, 6.45) is 2.84. The summed E-state index contributed by atoms with van der Waals surface area (Å²) in [5, 5.41) is 3.06. The van der Waals surface area contributed by atoms with E-state index in [1.165, 1.54) is 24.5 Å². The molecule has 5 nitrogen and oxygen atoms in total. The Kier molecular flexibility index (Phi) is 3.51. The first kappa shape index (κ1) is 11.8. The molecular formula is C10H6Cl2N4O. The summed E-state index contributed by atoms with van der Waals surface area (Å²) in [4.78, 5) is 23.1. The first-order valence-corrected chi connectivity index (χ1v) is 5.32. The third-order valence-corrected chi connectivity index (χ3v) is 2.23. The van der Waals surface area contributed by atoms with E-state index in [-0.39, 0.29) is 11.0 Å². The van der Waals surface area contributed by atoms with E-state index in [2.05, 4.69) is 20.3 Å². The Morgan fingerprint density at radius 2 is 2.00 bits per heavy atom. The van der Waals surface area contributed by atoms with Crippen LogP contribution in [0.5, 0.6) is 0 Å². The lowest BCUT2D eigenvalue weighted by atomic mass is 10.3. The van der Waals surface area contributed by atoms with E-state index in [1.54, 1.807) is 6.07 Å². The van der Waals surface area contributed by atoms with Crippen LogP contribution in [0.25, 0.3) is 0 Å². The summed E-state index contributed by atoms with van der Waals surface area (Å²) in [7, 11) is 0. The van der Waals surface area contributed by atoms with Crippen molar-refractivity contribution >= 4 is 34.9 Å². The fourth-order valence-electron chi connectivity index (χ4n) is 1.10. The van der Waals surface area contributed by atoms with Gasteiger partial charge in [0, 0.05) is 12.4 Å². The number of aromatic nitrogens is 3. The number of carbonyl (C=O) groups is 1. The van der Waals surface area contributed by atoms with Crippen LogP contribution < -0.4 is 5.32 Å². The van der Waals surface area contributed by atoms with Crippen molar-refractivity contribution in [2.45, 2.75) is 0 Å². The molecular weight excluding hydrogens is 263 g/mol. The molecule has 1 N–H and O–H groups in total. The molecule has 17 heavy (non-hydrogen) atoms. The average Bonchev–Trinajstić information content (AvgIpc) is 2.29. The number of halogens is 2. The normalized spacial score (nSPS) is 10.0. The van der Waals surface area contributed by atoms with Gasteiger partial charge >= 0.3 is 0 Å². The number of hydrogen-bond donors (Lipinski definition) is 1. The quantitative estimate of drug-likeness (QED) is 0.850. The van der Waals surface area contributed by atoms with Crippen molar-refractivity contribution in [3.63, 3.8) is 0 Å². The van der Waals surface area contributed by atoms with E-state index in [0.717, 1.165) is 0 Å². The Morgan fingerprint density at radius 1 is 1.18 bits per heavy atom. The highest BCUT2D eigenvalue weighted by molar-refractivity contribution is 6.30. The first-order valence-electron chi connectivity index (χ1n) is 4.56. The SMILES string of the molecule is O=C(Nc1ccnc(Cl)n1)c1ccc(Cl)cn1. The molecule has 0 fully saturated rings. The molecule has 0 aromatic carbocycles. The largest absolute Gasteiger partial charge is 0.305 e. The van der Waals surface area contributed by atoms with Crippen LogP contribution in [0.1, 0.15) is 10.5 Å². The second-order valence-corrected chi connectivity index (χ2v) is 3.80. The molecule has 0 atom stereocenters. The molecule has 2 aromatic heterocycles. The van der Waals surface area contributed by atoms with Crippen molar-refractivity contribution in [1.29, 1.82) is 0 Å². The van der Waals surface area contributed by atoms with Crippen molar-refractivity contribution in [1.82, 2.24) is 15.0 Å². The Morgan fingerprint density at radius 3 is 2.65 bits per heavy atom. The van der Waals surface area contributed by atoms with E-state index < -0.39 is 5.91 Å². The van der Waals surface area contributed by atoms with Gasteiger partial charge in [-0.3, -0.25) is 4.79 Å². The highest BCUT2D eigenvalue weighted by Gasteiger charge is 2.08. The van der Waals surface area contributed by atoms with Crippen LogP contribution in [0, 0.1) is 0 Å². The van der Waals surface area contributed by atoms with Crippen LogP contribution in [0.2, 0.25) is 10.3 Å². The van der Waals surface area contributed by atoms with Gasteiger partial charge in [0.05, 0.1) is 5.02 Å². The minimum absolute atomic E-state index is 0.0619. The molecule has 0 spiro atoms. The van der Waals surface area contributed by atoms with Gasteiger partial charge in [0.2, 0.25) is 5.28 Å². The van der Waals surface area contributed by atoms with E-state index in [4.69, 9.17) is 23.2 Å². The lowest BCUT2D eigenvalue weighted by molar-refractivity contribution is 0.102. The van der Waals surface area contributed by atoms with Crippen LogP contribution in [0.4, 0.5) is 5.82 Å². The second-order valence-electron chi connectivity index (χ2n) is 3.03. The molecule has 0 unspecified atom stereocenters. The Balaban J connectivity index is 2.14. The van der Waals surface area contributed by atoms with Crippen molar-refractivity contribution < 1.29 is 4.79 Å². The lowest BCUT2D eigenvalue weighted by Crippen LogP contribution is -2.14. The maximum Gasteiger partial charge on any atom is 0.275 e. The van der Waals surface area contributed by atoms with Gasteiger partial charge in [0.1, 0.15) is 11.5 Å². The lowest BCUT2D eigenvalue weighted by Gasteiger charge is -2.03. The Bertz CT molecular complexity index is 544. The summed E-state index contributed by atoms with van der Waals surface area (Å²) < 4.78 is 0. The van der Waals surface area contributed by atoms with Gasteiger partial charge in [0.25, 0.3) is 5.91 Å². The zero-order valence-electron chi connectivity index (χ0n) is 8.39. The molecule has 7 heteroatoms. The molecule has 0 saturated heterocycles. The maximum atomic E-state index is 11.7. The monoisotopic (exact) mass is 268 g/mol. The van der Waals surface area contributed by atoms with Crippen LogP contribution in [-0.4, -0.2) is 20.9 Å². The van der Waals surface area contributed by atoms with E-state index in [0.29, 0.717) is 10.8 Å². The standard InChI is InChI=1S/C10H6Cl2N4O/c11-6-1-2-7(14-5-6)9(17)15-8-3-4-13-10(12)16-8/h1-5H,(H,13,15,16,17). The number of hydrogen-bond acceptors (Lipinski definition) is 4. The molecule has 0 aliphatic heterocycles. The number of amides is 1. The Hall–Kier alpha value is -1.72. The van der Waals surface area contributed by atoms with Gasteiger partial charge in [0.15, 0.2) is 0 Å². The van der Waals surface area contributed by atoms with Gasteiger partial charge in [-0.05, 0) is 29.8 Å². The first-order chi connectivity index (χ1) is 8.15. The van der Waals surface area contributed by atoms with Gasteiger partial charge in [-0.25, -0.2) is 15.0 Å². The smallest absolute Gasteiger partial charge is 0.275 e. The maximum absolute atomic E-state index is 11.7. The summed E-state index contributed by atoms with van der Waals surface area (Å²) in [6, 6.07) is 4.62. The van der Waals surface area contributed by atoms with Gasteiger partial charge in [-0.1, -0.05) is 11.6 Å². The highest BCUT2D eigenvalue weighted by atomic mass is 35.5. The van der Waals surface area contributed by atoms with Crippen LogP contribution in [0.15, 0.2) is 30.6 Å². The number of nitrogens with zero attached hydrogens (tertiary/aromatic N) is 3. The molecule has 2 heterocycles. The minimum Gasteiger partial charge on any atom is -0.305 e. The fraction of sp³-hybridized carbons (Fsp3) is 0. The van der Waals surface area contributed by atoms with Gasteiger partial charge in [-0.2, -0.15) is 0 Å². The predicted molar refractivity (Wildman–Crippen MR) is 64.2 cm³/mol. The summed E-state index contributed by atoms with van der Waals surface area (Å²) in [5.74, 6) is -0.0804. The summed E-state index contributed by atoms with van der Waals surface area (Å²) >= 11 is 11.3. The third-order valence-electron chi connectivity index (χ3n) is 1.83. The van der Waals surface area contributed by atoms with E-state index >= 15 is 0 Å². The van der Waals surface area contributed by atoms with Crippen LogP contribution in [-0.2, 0) is 0 Å². The zero-order chi connectivity index (χ0) is 12.3. The molecule has 0 aliphatic rings. The predicted octanol–water partition coefficient (Wildman–Crippen LogP) is 2.43. The molecule has 86 valence electrons. The zero-order valence-corrected chi connectivity index (χ0v) is 9.90. The minimum atomic E-state index is -0.392. The fourth-order valence-corrected chi connectivity index (χ4v) is 1.35. The molecule has 2 rings (SSSR count). The van der Waals surface area contributed by atoms with E-state index in [1.807, 2.05) is 0 Å². The van der Waals surface area contributed by atoms with Crippen molar-refractivity contribution in [3.8, 4) is 0 Å². The molecule has 2 aromatic rings. The Labute approximate surface area is 107 Å². The molecule has 1 amide bonds. The van der Waals surface area contributed by atoms with Gasteiger partial charge < -0.3 is 5.32 Å². The number of anilines is 1. The summed E-state index contributed by atoms with van der Waals surface area (Å²) in [5.41, 5.74) is 0.240. The topological polar surface area (TPSA) is 67.8 Å². The second kappa shape index (κ2) is 5.07. The highest BCUT2D eigenvalue weighted by Crippen LogP contribution is 2.09. The average molecular weight is 269 g/mol.